The van der Waals surface area contributed by atoms with Crippen molar-refractivity contribution in [1.29, 1.82) is 0 Å². The Morgan fingerprint density at radius 1 is 1.18 bits per heavy atom. The maximum absolute atomic E-state index is 13.1. The Labute approximate surface area is 205 Å². The normalized spacial score (nSPS) is 14.2. The van der Waals surface area contributed by atoms with Gasteiger partial charge in [0.25, 0.3) is 15.9 Å². The fourth-order valence-electron chi connectivity index (χ4n) is 3.26. The smallest absolute Gasteiger partial charge is 0.343 e. The van der Waals surface area contributed by atoms with E-state index in [1.165, 1.54) is 25.3 Å². The molecule has 1 N–H and O–H groups in total. The van der Waals surface area contributed by atoms with Gasteiger partial charge in [0.15, 0.2) is 13.3 Å². The summed E-state index contributed by atoms with van der Waals surface area (Å²) in [7, 11) is -2.97. The van der Waals surface area contributed by atoms with Gasteiger partial charge in [0.1, 0.15) is 22.0 Å². The van der Waals surface area contributed by atoms with Crippen LogP contribution in [-0.4, -0.2) is 56.1 Å². The molecule has 0 atom stereocenters. The summed E-state index contributed by atoms with van der Waals surface area (Å²) in [4.78, 5) is 36.2. The second-order valence-electron chi connectivity index (χ2n) is 7.38. The highest BCUT2D eigenvalue weighted by Crippen LogP contribution is 2.39. The van der Waals surface area contributed by atoms with Crippen LogP contribution in [0.3, 0.4) is 0 Å². The molecule has 1 heterocycles. The highest BCUT2D eigenvalue weighted by atomic mass is 35.5. The van der Waals surface area contributed by atoms with Crippen molar-refractivity contribution in [1.82, 2.24) is 4.31 Å². The van der Waals surface area contributed by atoms with E-state index in [0.29, 0.717) is 9.87 Å². The van der Waals surface area contributed by atoms with Crippen LogP contribution in [-0.2, 0) is 19.6 Å². The summed E-state index contributed by atoms with van der Waals surface area (Å²) in [6, 6.07) is 5.30. The topological polar surface area (TPSA) is 137 Å². The Morgan fingerprint density at radius 2 is 1.85 bits per heavy atom. The summed E-state index contributed by atoms with van der Waals surface area (Å²) >= 11 is 12.1. The summed E-state index contributed by atoms with van der Waals surface area (Å²) < 4.78 is 41.8. The van der Waals surface area contributed by atoms with Crippen molar-refractivity contribution in [2.45, 2.75) is 24.7 Å². The first kappa shape index (κ1) is 25.6. The number of sulfonamides is 1. The average Bonchev–Trinajstić information content (AvgIpc) is 2.95. The number of carbonyl (C=O) groups is 3. The van der Waals surface area contributed by atoms with Crippen molar-refractivity contribution >= 4 is 51.1 Å². The number of benzene rings is 2. The van der Waals surface area contributed by atoms with Crippen molar-refractivity contribution in [2.75, 3.05) is 20.4 Å². The van der Waals surface area contributed by atoms with Crippen molar-refractivity contribution in [3.05, 3.63) is 51.0 Å². The fraction of sp³-hybridized carbons (Fsp3) is 0.286. The highest BCUT2D eigenvalue weighted by Gasteiger charge is 2.44. The lowest BCUT2D eigenvalue weighted by Gasteiger charge is -2.16. The van der Waals surface area contributed by atoms with Crippen LogP contribution in [0.15, 0.2) is 29.2 Å². The minimum atomic E-state index is -4.34. The van der Waals surface area contributed by atoms with Crippen LogP contribution in [0.25, 0.3) is 0 Å². The summed E-state index contributed by atoms with van der Waals surface area (Å²) in [6.07, 6.45) is 0. The molecule has 0 saturated carbocycles. The number of esters is 1. The van der Waals surface area contributed by atoms with Crippen LogP contribution in [0.1, 0.15) is 46.0 Å². The van der Waals surface area contributed by atoms with Crippen LogP contribution in [0.4, 0.5) is 0 Å². The maximum atomic E-state index is 13.1. The summed E-state index contributed by atoms with van der Waals surface area (Å²) in [5.74, 6) is -3.36. The first-order valence-electron chi connectivity index (χ1n) is 9.68. The number of carboxylic acids is 1. The van der Waals surface area contributed by atoms with Gasteiger partial charge in [0, 0.05) is 6.07 Å². The number of methoxy groups -OCH3 is 1. The fourth-order valence-corrected chi connectivity index (χ4v) is 5.30. The molecule has 1 amide bonds. The Morgan fingerprint density at radius 3 is 2.44 bits per heavy atom. The van der Waals surface area contributed by atoms with Crippen LogP contribution >= 0.6 is 23.2 Å². The molecule has 0 radical (unpaired) electrons. The first-order chi connectivity index (χ1) is 15.9. The molecule has 0 bridgehead atoms. The van der Waals surface area contributed by atoms with Crippen molar-refractivity contribution in [2.24, 2.45) is 0 Å². The second kappa shape index (κ2) is 9.69. The zero-order chi connectivity index (χ0) is 25.4. The van der Waals surface area contributed by atoms with E-state index >= 15 is 0 Å². The van der Waals surface area contributed by atoms with Crippen molar-refractivity contribution in [3.8, 4) is 11.5 Å². The van der Waals surface area contributed by atoms with Gasteiger partial charge in [-0.3, -0.25) is 4.79 Å². The number of fused-ring (bicyclic) bond motifs is 1. The van der Waals surface area contributed by atoms with Gasteiger partial charge in [-0.1, -0.05) is 37.0 Å². The van der Waals surface area contributed by atoms with Gasteiger partial charge in [-0.2, -0.15) is 4.31 Å². The number of amides is 1. The lowest BCUT2D eigenvalue weighted by atomic mass is 9.96. The molecular weight excluding hydrogens is 513 g/mol. The highest BCUT2D eigenvalue weighted by molar-refractivity contribution is 7.90. The number of nitrogens with zero attached hydrogens (tertiary/aromatic N) is 1. The van der Waals surface area contributed by atoms with Crippen LogP contribution in [0, 0.1) is 0 Å². The third kappa shape index (κ3) is 4.63. The van der Waals surface area contributed by atoms with E-state index in [1.807, 2.05) is 0 Å². The quantitative estimate of drug-likeness (QED) is 0.506. The van der Waals surface area contributed by atoms with E-state index in [2.05, 4.69) is 0 Å². The number of hydrogen-bond donors (Lipinski definition) is 1. The van der Waals surface area contributed by atoms with Crippen LogP contribution < -0.4 is 9.47 Å². The van der Waals surface area contributed by atoms with Crippen LogP contribution in [0.2, 0.25) is 10.0 Å². The van der Waals surface area contributed by atoms with Gasteiger partial charge in [0.05, 0.1) is 22.7 Å². The Bertz CT molecular complexity index is 1290. The lowest BCUT2D eigenvalue weighted by molar-refractivity contribution is -0.139. The molecule has 0 aliphatic carbocycles. The molecule has 0 fully saturated rings. The molecule has 182 valence electrons. The molecule has 0 aromatic heterocycles. The predicted molar refractivity (Wildman–Crippen MR) is 120 cm³/mol. The monoisotopic (exact) mass is 531 g/mol. The molecule has 0 spiro atoms. The van der Waals surface area contributed by atoms with Crippen molar-refractivity contribution in [3.63, 3.8) is 0 Å². The predicted octanol–water partition coefficient (Wildman–Crippen LogP) is 3.55. The molecule has 2 aromatic carbocycles. The number of rotatable bonds is 8. The molecule has 1 aliphatic heterocycles. The molecule has 10 nitrogen and oxygen atoms in total. The second-order valence-corrected chi connectivity index (χ2v) is 10.00. The molecule has 13 heteroatoms. The standard InChI is InChI=1S/C21H19Cl2NO9S/c1-10(2)12-6-11(31-3)7-15-17(12)20(27)24(34(15,29)30)9-33-21(28)18-13(22)4-5-14(19(18)23)32-8-16(25)26/h4-7,10H,8-9H2,1-3H3,(H,25,26). The molecule has 1 aliphatic rings. The van der Waals surface area contributed by atoms with E-state index in [1.54, 1.807) is 19.9 Å². The van der Waals surface area contributed by atoms with Crippen molar-refractivity contribution < 1.29 is 42.1 Å². The van der Waals surface area contributed by atoms with E-state index in [9.17, 15) is 22.8 Å². The Kier molecular flexibility index (Phi) is 7.29. The number of ether oxygens (including phenoxy) is 3. The zero-order valence-corrected chi connectivity index (χ0v) is 20.5. The largest absolute Gasteiger partial charge is 0.497 e. The molecule has 0 unspecified atom stereocenters. The summed E-state index contributed by atoms with van der Waals surface area (Å²) in [5, 5.41) is 8.27. The average molecular weight is 532 g/mol. The van der Waals surface area contributed by atoms with E-state index in [4.69, 9.17) is 42.5 Å². The maximum Gasteiger partial charge on any atom is 0.343 e. The third-order valence-electron chi connectivity index (χ3n) is 4.90. The van der Waals surface area contributed by atoms with Gasteiger partial charge in [-0.15, -0.1) is 0 Å². The van der Waals surface area contributed by atoms with Gasteiger partial charge in [0.2, 0.25) is 0 Å². The van der Waals surface area contributed by atoms with E-state index in [0.717, 1.165) is 0 Å². The Balaban J connectivity index is 1.90. The molecule has 34 heavy (non-hydrogen) atoms. The molecule has 3 rings (SSSR count). The summed E-state index contributed by atoms with van der Waals surface area (Å²) in [6.45, 7) is 1.92. The van der Waals surface area contributed by atoms with Gasteiger partial charge >= 0.3 is 11.9 Å². The van der Waals surface area contributed by atoms with Gasteiger partial charge in [-0.25, -0.2) is 18.0 Å². The van der Waals surface area contributed by atoms with E-state index in [-0.39, 0.29) is 43.5 Å². The SMILES string of the molecule is COc1cc(C(C)C)c2c(c1)S(=O)(=O)N(COC(=O)c1c(Cl)ccc(OCC(=O)O)c1Cl)C2=O. The minimum absolute atomic E-state index is 0.0213. The Hall–Kier alpha value is -3.02. The van der Waals surface area contributed by atoms with Crippen LogP contribution in [0.5, 0.6) is 11.5 Å². The molecular formula is C21H19Cl2NO9S. The third-order valence-corrected chi connectivity index (χ3v) is 7.32. The number of halogens is 2. The zero-order valence-electron chi connectivity index (χ0n) is 18.1. The number of aliphatic carboxylic acids is 1. The first-order valence-corrected chi connectivity index (χ1v) is 11.9. The molecule has 0 saturated heterocycles. The summed E-state index contributed by atoms with van der Waals surface area (Å²) in [5.41, 5.74) is 0.0652. The lowest BCUT2D eigenvalue weighted by Crippen LogP contribution is -2.33. The van der Waals surface area contributed by atoms with E-state index < -0.39 is 41.2 Å². The van der Waals surface area contributed by atoms with Gasteiger partial charge < -0.3 is 19.3 Å². The number of hydrogen-bond acceptors (Lipinski definition) is 8. The van der Waals surface area contributed by atoms with Gasteiger partial charge in [-0.05, 0) is 29.7 Å². The number of carboxylic acid groups (broad SMARTS) is 1. The minimum Gasteiger partial charge on any atom is -0.497 e. The molecule has 2 aromatic rings. The number of carbonyl (C=O) groups excluding carboxylic acids is 2.